The number of hydrogen-bond acceptors (Lipinski definition) is 2. The van der Waals surface area contributed by atoms with E-state index in [0.717, 1.165) is 25.0 Å². The lowest BCUT2D eigenvalue weighted by Crippen LogP contribution is -2.45. The monoisotopic (exact) mass is 278 g/mol. The molecule has 1 heterocycles. The van der Waals surface area contributed by atoms with E-state index in [9.17, 15) is 4.79 Å². The summed E-state index contributed by atoms with van der Waals surface area (Å²) < 4.78 is 1.66. The van der Waals surface area contributed by atoms with E-state index in [0.29, 0.717) is 5.92 Å². The van der Waals surface area contributed by atoms with Gasteiger partial charge >= 0.3 is 5.97 Å². The number of carboxylic acids is 1. The number of aliphatic carboxylic acids is 1. The van der Waals surface area contributed by atoms with E-state index in [1.807, 2.05) is 6.20 Å². The molecule has 0 saturated carbocycles. The first kappa shape index (κ1) is 15.1. The molecule has 0 fully saturated rings. The summed E-state index contributed by atoms with van der Waals surface area (Å²) in [5, 5.41) is 13.2. The zero-order valence-electron chi connectivity index (χ0n) is 13.2. The maximum atomic E-state index is 10.9. The largest absolute Gasteiger partial charge is 0.480 e. The molecule has 1 aromatic rings. The van der Waals surface area contributed by atoms with Crippen LogP contribution in [0.5, 0.6) is 0 Å². The first-order valence-corrected chi connectivity index (χ1v) is 7.43. The van der Waals surface area contributed by atoms with Crippen molar-refractivity contribution in [1.29, 1.82) is 0 Å². The van der Waals surface area contributed by atoms with Crippen LogP contribution in [0.4, 0.5) is 0 Å². The Hall–Kier alpha value is -1.32. The molecule has 0 spiro atoms. The summed E-state index contributed by atoms with van der Waals surface area (Å²) in [5.74, 6) is -0.231. The number of fused-ring (bicyclic) bond motifs is 1. The minimum Gasteiger partial charge on any atom is -0.480 e. The summed E-state index contributed by atoms with van der Waals surface area (Å²) in [6, 6.07) is 0. The lowest BCUT2D eigenvalue weighted by atomic mass is 9.54. The van der Waals surface area contributed by atoms with Gasteiger partial charge in [0.15, 0.2) is 0 Å². The summed E-state index contributed by atoms with van der Waals surface area (Å²) in [6.07, 6.45) is 4.91. The molecular formula is C16H26N2O2. The maximum Gasteiger partial charge on any atom is 0.325 e. The van der Waals surface area contributed by atoms with Crippen LogP contribution in [0.1, 0.15) is 52.3 Å². The standard InChI is InChI=1S/C16H26N2O2/c1-11(2)16(15(3,4)5)7-6-13-12(8-16)9-17-18(13)10-14(19)20/h9,11H,6-8,10H2,1-5H3,(H,19,20). The van der Waals surface area contributed by atoms with E-state index in [1.54, 1.807) is 4.68 Å². The molecule has 1 atom stereocenters. The molecule has 0 aromatic carbocycles. The van der Waals surface area contributed by atoms with E-state index in [2.05, 4.69) is 39.7 Å². The Morgan fingerprint density at radius 2 is 2.15 bits per heavy atom. The van der Waals surface area contributed by atoms with Gasteiger partial charge in [-0.3, -0.25) is 9.48 Å². The van der Waals surface area contributed by atoms with E-state index < -0.39 is 5.97 Å². The lowest BCUT2D eigenvalue weighted by Gasteiger charge is -2.50. The van der Waals surface area contributed by atoms with Gasteiger partial charge < -0.3 is 5.11 Å². The number of rotatable bonds is 3. The van der Waals surface area contributed by atoms with Crippen molar-refractivity contribution in [3.63, 3.8) is 0 Å². The predicted molar refractivity (Wildman–Crippen MR) is 78.6 cm³/mol. The second-order valence-corrected chi connectivity index (χ2v) is 7.41. The van der Waals surface area contributed by atoms with Crippen LogP contribution in [-0.2, 0) is 24.2 Å². The number of carbonyl (C=O) groups is 1. The van der Waals surface area contributed by atoms with E-state index in [4.69, 9.17) is 5.11 Å². The van der Waals surface area contributed by atoms with Gasteiger partial charge in [0.05, 0.1) is 6.20 Å². The van der Waals surface area contributed by atoms with Gasteiger partial charge in [0.1, 0.15) is 6.54 Å². The smallest absolute Gasteiger partial charge is 0.325 e. The van der Waals surface area contributed by atoms with Crippen molar-refractivity contribution >= 4 is 5.97 Å². The van der Waals surface area contributed by atoms with Crippen LogP contribution >= 0.6 is 0 Å². The van der Waals surface area contributed by atoms with Crippen LogP contribution in [0.25, 0.3) is 0 Å². The van der Waals surface area contributed by atoms with Crippen LogP contribution in [-0.4, -0.2) is 20.9 Å². The number of aromatic nitrogens is 2. The maximum absolute atomic E-state index is 10.9. The molecule has 112 valence electrons. The normalized spacial score (nSPS) is 22.9. The van der Waals surface area contributed by atoms with Gasteiger partial charge in [-0.05, 0) is 41.6 Å². The number of carboxylic acid groups (broad SMARTS) is 1. The summed E-state index contributed by atoms with van der Waals surface area (Å²) >= 11 is 0. The van der Waals surface area contributed by atoms with Crippen molar-refractivity contribution in [1.82, 2.24) is 9.78 Å². The zero-order chi connectivity index (χ0) is 15.1. The Balaban J connectivity index is 2.35. The van der Waals surface area contributed by atoms with Crippen molar-refractivity contribution in [3.8, 4) is 0 Å². The third-order valence-electron chi connectivity index (χ3n) is 5.23. The SMILES string of the molecule is CC(C)C1(C(C)(C)C)CCc2c(cnn2CC(=O)O)C1. The number of hydrogen-bond donors (Lipinski definition) is 1. The second-order valence-electron chi connectivity index (χ2n) is 7.41. The summed E-state index contributed by atoms with van der Waals surface area (Å²) in [6.45, 7) is 11.5. The van der Waals surface area contributed by atoms with Crippen LogP contribution in [0.15, 0.2) is 6.20 Å². The molecule has 0 saturated heterocycles. The molecule has 1 N–H and O–H groups in total. The Bertz CT molecular complexity index is 511. The third kappa shape index (κ3) is 2.36. The van der Waals surface area contributed by atoms with Gasteiger partial charge in [0.2, 0.25) is 0 Å². The van der Waals surface area contributed by atoms with Gasteiger partial charge in [0.25, 0.3) is 0 Å². The minimum atomic E-state index is -0.826. The predicted octanol–water partition coefficient (Wildman–Crippen LogP) is 3.14. The van der Waals surface area contributed by atoms with E-state index >= 15 is 0 Å². The number of nitrogens with zero attached hydrogens (tertiary/aromatic N) is 2. The average molecular weight is 278 g/mol. The summed E-state index contributed by atoms with van der Waals surface area (Å²) in [4.78, 5) is 10.9. The quantitative estimate of drug-likeness (QED) is 0.924. The van der Waals surface area contributed by atoms with Crippen molar-refractivity contribution in [2.45, 2.75) is 60.4 Å². The van der Waals surface area contributed by atoms with Crippen LogP contribution in [0, 0.1) is 16.7 Å². The van der Waals surface area contributed by atoms with Crippen molar-refractivity contribution in [2.24, 2.45) is 16.7 Å². The first-order valence-electron chi connectivity index (χ1n) is 7.43. The Labute approximate surface area is 121 Å². The van der Waals surface area contributed by atoms with Gasteiger partial charge in [-0.2, -0.15) is 5.10 Å². The van der Waals surface area contributed by atoms with Crippen molar-refractivity contribution < 1.29 is 9.90 Å². The highest BCUT2D eigenvalue weighted by atomic mass is 16.4. The third-order valence-corrected chi connectivity index (χ3v) is 5.23. The van der Waals surface area contributed by atoms with E-state index in [-0.39, 0.29) is 17.4 Å². The van der Waals surface area contributed by atoms with Crippen LogP contribution in [0.2, 0.25) is 0 Å². The Morgan fingerprint density at radius 3 is 2.65 bits per heavy atom. The highest BCUT2D eigenvalue weighted by molar-refractivity contribution is 5.66. The molecule has 2 rings (SSSR count). The van der Waals surface area contributed by atoms with Crippen LogP contribution in [0.3, 0.4) is 0 Å². The molecule has 20 heavy (non-hydrogen) atoms. The average Bonchev–Trinajstić information content (AvgIpc) is 2.69. The first-order chi connectivity index (χ1) is 9.17. The van der Waals surface area contributed by atoms with Crippen molar-refractivity contribution in [2.75, 3.05) is 0 Å². The van der Waals surface area contributed by atoms with Gasteiger partial charge in [-0.25, -0.2) is 0 Å². The molecule has 4 heteroatoms. The molecule has 1 aliphatic rings. The van der Waals surface area contributed by atoms with Crippen LogP contribution < -0.4 is 0 Å². The molecule has 0 radical (unpaired) electrons. The zero-order valence-corrected chi connectivity index (χ0v) is 13.2. The molecule has 0 amide bonds. The molecule has 0 bridgehead atoms. The fourth-order valence-corrected chi connectivity index (χ4v) is 3.92. The van der Waals surface area contributed by atoms with Gasteiger partial charge in [-0.15, -0.1) is 0 Å². The highest BCUT2D eigenvalue weighted by Crippen LogP contribution is 2.52. The topological polar surface area (TPSA) is 55.1 Å². The molecule has 4 nitrogen and oxygen atoms in total. The van der Waals surface area contributed by atoms with Gasteiger partial charge in [0, 0.05) is 5.69 Å². The molecule has 1 unspecified atom stereocenters. The fourth-order valence-electron chi connectivity index (χ4n) is 3.92. The molecule has 1 aromatic heterocycles. The summed E-state index contributed by atoms with van der Waals surface area (Å²) in [7, 11) is 0. The molecule has 0 aliphatic heterocycles. The van der Waals surface area contributed by atoms with Gasteiger partial charge in [-0.1, -0.05) is 34.6 Å². The fraction of sp³-hybridized carbons (Fsp3) is 0.750. The lowest BCUT2D eigenvalue weighted by molar-refractivity contribution is -0.137. The Kier molecular flexibility index (Phi) is 3.69. The summed E-state index contributed by atoms with van der Waals surface area (Å²) in [5.41, 5.74) is 2.85. The molecular weight excluding hydrogens is 252 g/mol. The minimum absolute atomic E-state index is 0.0282. The second kappa shape index (κ2) is 4.90. The molecule has 1 aliphatic carbocycles. The highest BCUT2D eigenvalue weighted by Gasteiger charge is 2.46. The van der Waals surface area contributed by atoms with Crippen molar-refractivity contribution in [3.05, 3.63) is 17.5 Å². The Morgan fingerprint density at radius 1 is 1.50 bits per heavy atom. The van der Waals surface area contributed by atoms with E-state index in [1.165, 1.54) is 5.56 Å².